The Morgan fingerprint density at radius 3 is 2.82 bits per heavy atom. The number of benzene rings is 1. The van der Waals surface area contributed by atoms with Crippen LogP contribution in [-0.2, 0) is 6.54 Å². The second-order valence-corrected chi connectivity index (χ2v) is 6.47. The second kappa shape index (κ2) is 5.57. The first-order valence-corrected chi connectivity index (χ1v) is 7.22. The monoisotopic (exact) mass is 350 g/mol. The van der Waals surface area contributed by atoms with E-state index in [1.807, 2.05) is 19.1 Å². The van der Waals surface area contributed by atoms with Gasteiger partial charge in [-0.1, -0.05) is 23.2 Å². The minimum Gasteiger partial charge on any atom is -0.380 e. The average Bonchev–Trinajstić information content (AvgIpc) is 2.68. The first kappa shape index (κ1) is 13.1. The van der Waals surface area contributed by atoms with E-state index in [0.29, 0.717) is 16.0 Å². The lowest BCUT2D eigenvalue weighted by Crippen LogP contribution is -1.99. The minimum absolute atomic E-state index is 0.566. The summed E-state index contributed by atoms with van der Waals surface area (Å²) < 4.78 is 1.45. The van der Waals surface area contributed by atoms with Gasteiger partial charge in [-0.3, -0.25) is 0 Å². The summed E-state index contributed by atoms with van der Waals surface area (Å²) in [5, 5.41) is 4.05. The SMILES string of the molecule is Cc1cc(Cl)c(Br)cc1NCc1cnc(Cl)s1. The second-order valence-electron chi connectivity index (χ2n) is 3.51. The van der Waals surface area contributed by atoms with Crippen molar-refractivity contribution in [3.8, 4) is 0 Å². The van der Waals surface area contributed by atoms with Crippen LogP contribution in [0.2, 0.25) is 9.49 Å². The molecule has 17 heavy (non-hydrogen) atoms. The van der Waals surface area contributed by atoms with Crippen LogP contribution in [0.1, 0.15) is 10.4 Å². The fraction of sp³-hybridized carbons (Fsp3) is 0.182. The molecule has 0 aliphatic rings. The van der Waals surface area contributed by atoms with Gasteiger partial charge in [0.15, 0.2) is 4.47 Å². The topological polar surface area (TPSA) is 24.9 Å². The number of hydrogen-bond donors (Lipinski definition) is 1. The summed E-state index contributed by atoms with van der Waals surface area (Å²) >= 11 is 16.7. The van der Waals surface area contributed by atoms with E-state index in [4.69, 9.17) is 23.2 Å². The molecule has 0 spiro atoms. The van der Waals surface area contributed by atoms with Gasteiger partial charge in [0, 0.05) is 21.2 Å². The Kier molecular flexibility index (Phi) is 4.31. The average molecular weight is 352 g/mol. The van der Waals surface area contributed by atoms with Crippen molar-refractivity contribution in [2.45, 2.75) is 13.5 Å². The lowest BCUT2D eigenvalue weighted by molar-refractivity contribution is 1.16. The highest BCUT2D eigenvalue weighted by molar-refractivity contribution is 9.10. The van der Waals surface area contributed by atoms with Crippen molar-refractivity contribution in [2.75, 3.05) is 5.32 Å². The maximum absolute atomic E-state index is 6.01. The van der Waals surface area contributed by atoms with E-state index in [2.05, 4.69) is 26.2 Å². The first-order valence-electron chi connectivity index (χ1n) is 4.86. The zero-order chi connectivity index (χ0) is 12.4. The van der Waals surface area contributed by atoms with Crippen LogP contribution in [0.15, 0.2) is 22.8 Å². The molecule has 0 saturated heterocycles. The number of halogens is 3. The number of hydrogen-bond acceptors (Lipinski definition) is 3. The molecule has 0 aliphatic heterocycles. The molecule has 1 aromatic heterocycles. The number of aromatic nitrogens is 1. The Bertz CT molecular complexity index is 542. The van der Waals surface area contributed by atoms with Crippen LogP contribution < -0.4 is 5.32 Å². The van der Waals surface area contributed by atoms with Crippen LogP contribution in [-0.4, -0.2) is 4.98 Å². The molecule has 0 fully saturated rings. The van der Waals surface area contributed by atoms with Gasteiger partial charge in [-0.05, 0) is 40.5 Å². The molecule has 6 heteroatoms. The Balaban J connectivity index is 2.11. The van der Waals surface area contributed by atoms with Gasteiger partial charge in [0.2, 0.25) is 0 Å². The smallest absolute Gasteiger partial charge is 0.183 e. The molecule has 90 valence electrons. The first-order chi connectivity index (χ1) is 8.06. The standard InChI is InChI=1S/C11H9BrCl2N2S/c1-6-2-9(13)8(12)3-10(6)15-4-7-5-16-11(14)17-7/h2-3,5,15H,4H2,1H3. The van der Waals surface area contributed by atoms with Crippen molar-refractivity contribution in [1.29, 1.82) is 0 Å². The fourth-order valence-electron chi connectivity index (χ4n) is 1.38. The van der Waals surface area contributed by atoms with Gasteiger partial charge in [-0.25, -0.2) is 4.98 Å². The van der Waals surface area contributed by atoms with Gasteiger partial charge in [0.25, 0.3) is 0 Å². The van der Waals surface area contributed by atoms with Crippen LogP contribution in [0.4, 0.5) is 5.69 Å². The summed E-state index contributed by atoms with van der Waals surface area (Å²) in [6.07, 6.45) is 1.78. The predicted octanol–water partition coefficient (Wildman–Crippen LogP) is 5.13. The van der Waals surface area contributed by atoms with Crippen molar-refractivity contribution in [3.63, 3.8) is 0 Å². The highest BCUT2D eigenvalue weighted by atomic mass is 79.9. The third-order valence-electron chi connectivity index (χ3n) is 2.25. The molecule has 0 amide bonds. The zero-order valence-corrected chi connectivity index (χ0v) is 12.8. The van der Waals surface area contributed by atoms with Gasteiger partial charge in [0.05, 0.1) is 11.6 Å². The third kappa shape index (κ3) is 3.35. The molecule has 2 nitrogen and oxygen atoms in total. The Hall–Kier alpha value is -0.290. The van der Waals surface area contributed by atoms with Crippen LogP contribution in [0.5, 0.6) is 0 Å². The van der Waals surface area contributed by atoms with E-state index in [9.17, 15) is 0 Å². The van der Waals surface area contributed by atoms with E-state index < -0.39 is 0 Å². The fourth-order valence-corrected chi connectivity index (χ4v) is 2.86. The summed E-state index contributed by atoms with van der Waals surface area (Å²) in [6.45, 7) is 2.72. The Labute approximate surface area is 122 Å². The molecular formula is C11H9BrCl2N2S. The minimum atomic E-state index is 0.566. The van der Waals surface area contributed by atoms with Crippen molar-refractivity contribution < 1.29 is 0 Å². The Morgan fingerprint density at radius 1 is 1.41 bits per heavy atom. The normalized spacial score (nSPS) is 10.6. The van der Waals surface area contributed by atoms with Crippen LogP contribution in [0.25, 0.3) is 0 Å². The van der Waals surface area contributed by atoms with E-state index in [0.717, 1.165) is 20.6 Å². The van der Waals surface area contributed by atoms with Crippen molar-refractivity contribution >= 4 is 56.2 Å². The summed E-state index contributed by atoms with van der Waals surface area (Å²) in [5.74, 6) is 0. The molecule has 0 saturated carbocycles. The molecule has 2 aromatic rings. The number of nitrogens with one attached hydrogen (secondary N) is 1. The number of nitrogens with zero attached hydrogens (tertiary/aromatic N) is 1. The summed E-state index contributed by atoms with van der Waals surface area (Å²) in [5.41, 5.74) is 2.15. The maximum atomic E-state index is 6.01. The third-order valence-corrected chi connectivity index (χ3v) is 4.56. The van der Waals surface area contributed by atoms with Gasteiger partial charge in [-0.15, -0.1) is 11.3 Å². The molecule has 0 atom stereocenters. The lowest BCUT2D eigenvalue weighted by atomic mass is 10.2. The van der Waals surface area contributed by atoms with Gasteiger partial charge in [0.1, 0.15) is 0 Å². The summed E-state index contributed by atoms with van der Waals surface area (Å²) in [7, 11) is 0. The molecule has 1 N–H and O–H groups in total. The van der Waals surface area contributed by atoms with Crippen LogP contribution in [0.3, 0.4) is 0 Å². The molecule has 1 aromatic carbocycles. The molecule has 1 heterocycles. The number of rotatable bonds is 3. The highest BCUT2D eigenvalue weighted by Crippen LogP contribution is 2.29. The molecule has 0 unspecified atom stereocenters. The van der Waals surface area contributed by atoms with E-state index >= 15 is 0 Å². The van der Waals surface area contributed by atoms with Crippen LogP contribution in [0, 0.1) is 6.92 Å². The molecule has 0 aliphatic carbocycles. The van der Waals surface area contributed by atoms with Crippen molar-refractivity contribution in [3.05, 3.63) is 42.7 Å². The number of aryl methyl sites for hydroxylation is 1. The highest BCUT2D eigenvalue weighted by Gasteiger charge is 2.05. The summed E-state index contributed by atoms with van der Waals surface area (Å²) in [6, 6.07) is 3.90. The van der Waals surface area contributed by atoms with E-state index in [1.165, 1.54) is 11.3 Å². The van der Waals surface area contributed by atoms with Gasteiger partial charge >= 0.3 is 0 Å². The summed E-state index contributed by atoms with van der Waals surface area (Å²) in [4.78, 5) is 5.09. The zero-order valence-electron chi connectivity index (χ0n) is 8.93. The molecule has 0 radical (unpaired) electrons. The quantitative estimate of drug-likeness (QED) is 0.828. The molecule has 0 bridgehead atoms. The molecular weight excluding hydrogens is 343 g/mol. The lowest BCUT2D eigenvalue weighted by Gasteiger charge is -2.09. The molecule has 2 rings (SSSR count). The Morgan fingerprint density at radius 2 is 2.18 bits per heavy atom. The predicted molar refractivity (Wildman–Crippen MR) is 78.3 cm³/mol. The van der Waals surface area contributed by atoms with Crippen molar-refractivity contribution in [2.24, 2.45) is 0 Å². The van der Waals surface area contributed by atoms with Gasteiger partial charge in [-0.2, -0.15) is 0 Å². The largest absolute Gasteiger partial charge is 0.380 e. The van der Waals surface area contributed by atoms with E-state index in [-0.39, 0.29) is 0 Å². The number of anilines is 1. The van der Waals surface area contributed by atoms with Crippen molar-refractivity contribution in [1.82, 2.24) is 4.98 Å². The van der Waals surface area contributed by atoms with E-state index in [1.54, 1.807) is 6.20 Å². The van der Waals surface area contributed by atoms with Crippen LogP contribution >= 0.6 is 50.5 Å². The maximum Gasteiger partial charge on any atom is 0.183 e. The van der Waals surface area contributed by atoms with Gasteiger partial charge < -0.3 is 5.32 Å². The number of thiazole rings is 1.